The van der Waals surface area contributed by atoms with Crippen LogP contribution in [-0.4, -0.2) is 12.7 Å². The van der Waals surface area contributed by atoms with Gasteiger partial charge in [-0.15, -0.1) is 0 Å². The van der Waals surface area contributed by atoms with Crippen molar-refractivity contribution in [1.82, 2.24) is 5.32 Å². The fourth-order valence-corrected chi connectivity index (χ4v) is 0.906. The van der Waals surface area contributed by atoms with Crippen molar-refractivity contribution >= 4 is 6.09 Å². The molecule has 1 heterocycles. The molecule has 1 amide bonds. The third kappa shape index (κ3) is 1.29. The highest BCUT2D eigenvalue weighted by atomic mass is 16.5. The third-order valence-corrected chi connectivity index (χ3v) is 1.62. The molecule has 0 spiro atoms. The molecular weight excluding hydrogens is 130 g/mol. The fourth-order valence-electron chi connectivity index (χ4n) is 0.906. The Kier molecular flexibility index (Phi) is 1.94. The summed E-state index contributed by atoms with van der Waals surface area (Å²) in [5.41, 5.74) is 2.11. The molecular formula is C7H11NO2. The minimum absolute atomic E-state index is 0.338. The lowest BCUT2D eigenvalue weighted by molar-refractivity contribution is 0.151. The highest BCUT2D eigenvalue weighted by Gasteiger charge is 2.12. The van der Waals surface area contributed by atoms with E-state index in [1.807, 2.05) is 13.8 Å². The summed E-state index contributed by atoms with van der Waals surface area (Å²) in [7, 11) is 0. The summed E-state index contributed by atoms with van der Waals surface area (Å²) in [5.74, 6) is 0. The van der Waals surface area contributed by atoms with Crippen LogP contribution in [0.1, 0.15) is 20.3 Å². The standard InChI is InChI=1S/C7H11NO2/c1-3-6-4-10-7(9)8-5(6)2/h3-4H2,1-2H3,(H,8,9). The highest BCUT2D eigenvalue weighted by Crippen LogP contribution is 2.10. The van der Waals surface area contributed by atoms with E-state index in [0.29, 0.717) is 6.61 Å². The van der Waals surface area contributed by atoms with Crippen molar-refractivity contribution in [3.05, 3.63) is 11.3 Å². The Morgan fingerprint density at radius 3 is 2.90 bits per heavy atom. The number of carbonyl (C=O) groups excluding carboxylic acids is 1. The molecule has 0 aromatic heterocycles. The Bertz CT molecular complexity index is 184. The van der Waals surface area contributed by atoms with Crippen LogP contribution in [0.2, 0.25) is 0 Å². The molecule has 0 aliphatic carbocycles. The summed E-state index contributed by atoms with van der Waals surface area (Å²) in [6.45, 7) is 4.38. The molecule has 0 saturated carbocycles. The smallest absolute Gasteiger partial charge is 0.411 e. The van der Waals surface area contributed by atoms with Gasteiger partial charge in [-0.05, 0) is 18.9 Å². The highest BCUT2D eigenvalue weighted by molar-refractivity contribution is 5.71. The van der Waals surface area contributed by atoms with Crippen molar-refractivity contribution < 1.29 is 9.53 Å². The summed E-state index contributed by atoms with van der Waals surface area (Å²) < 4.78 is 4.74. The molecule has 0 aromatic carbocycles. The zero-order valence-corrected chi connectivity index (χ0v) is 6.23. The Hall–Kier alpha value is -0.990. The quantitative estimate of drug-likeness (QED) is 0.599. The minimum atomic E-state index is -0.338. The number of rotatable bonds is 1. The lowest BCUT2D eigenvalue weighted by atomic mass is 10.1. The van der Waals surface area contributed by atoms with E-state index in [1.54, 1.807) is 0 Å². The van der Waals surface area contributed by atoms with E-state index in [1.165, 1.54) is 5.57 Å². The number of cyclic esters (lactones) is 1. The van der Waals surface area contributed by atoms with E-state index in [2.05, 4.69) is 5.32 Å². The van der Waals surface area contributed by atoms with Crippen molar-refractivity contribution in [2.75, 3.05) is 6.61 Å². The topological polar surface area (TPSA) is 38.3 Å². The summed E-state index contributed by atoms with van der Waals surface area (Å²) in [6, 6.07) is 0. The predicted octanol–water partition coefficient (Wildman–Crippen LogP) is 1.41. The Labute approximate surface area is 60.1 Å². The van der Waals surface area contributed by atoms with Gasteiger partial charge < -0.3 is 4.74 Å². The van der Waals surface area contributed by atoms with Gasteiger partial charge in [0, 0.05) is 5.70 Å². The number of alkyl carbamates (subject to hydrolysis) is 1. The van der Waals surface area contributed by atoms with Crippen LogP contribution in [0.4, 0.5) is 4.79 Å². The SMILES string of the molecule is CCC1=C(C)NC(=O)OC1. The molecule has 0 atom stereocenters. The monoisotopic (exact) mass is 141 g/mol. The molecule has 0 bridgehead atoms. The lowest BCUT2D eigenvalue weighted by Gasteiger charge is -2.17. The van der Waals surface area contributed by atoms with Gasteiger partial charge in [-0.3, -0.25) is 5.32 Å². The summed E-state index contributed by atoms with van der Waals surface area (Å²) in [5, 5.41) is 2.60. The summed E-state index contributed by atoms with van der Waals surface area (Å²) in [4.78, 5) is 10.6. The molecule has 0 unspecified atom stereocenters. The number of hydrogen-bond donors (Lipinski definition) is 1. The Morgan fingerprint density at radius 1 is 1.70 bits per heavy atom. The van der Waals surface area contributed by atoms with Gasteiger partial charge in [0.25, 0.3) is 0 Å². The largest absolute Gasteiger partial charge is 0.445 e. The van der Waals surface area contributed by atoms with Crippen LogP contribution in [0.25, 0.3) is 0 Å². The maximum Gasteiger partial charge on any atom is 0.411 e. The normalized spacial score (nSPS) is 18.4. The lowest BCUT2D eigenvalue weighted by Crippen LogP contribution is -2.29. The van der Waals surface area contributed by atoms with Crippen molar-refractivity contribution in [3.63, 3.8) is 0 Å². The number of ether oxygens (including phenoxy) is 1. The first kappa shape index (κ1) is 7.12. The molecule has 56 valence electrons. The molecule has 0 fully saturated rings. The number of hydrogen-bond acceptors (Lipinski definition) is 2. The summed E-state index contributed by atoms with van der Waals surface area (Å²) in [6.07, 6.45) is 0.598. The molecule has 1 N–H and O–H groups in total. The van der Waals surface area contributed by atoms with E-state index < -0.39 is 0 Å². The molecule has 3 nitrogen and oxygen atoms in total. The number of allylic oxidation sites excluding steroid dienone is 1. The van der Waals surface area contributed by atoms with Gasteiger partial charge in [0.15, 0.2) is 0 Å². The van der Waals surface area contributed by atoms with Crippen LogP contribution in [-0.2, 0) is 4.74 Å². The maximum atomic E-state index is 10.6. The van der Waals surface area contributed by atoms with Gasteiger partial charge in [-0.25, -0.2) is 4.79 Å². The van der Waals surface area contributed by atoms with Gasteiger partial charge in [0.1, 0.15) is 6.61 Å². The second kappa shape index (κ2) is 2.73. The maximum absolute atomic E-state index is 10.6. The average molecular weight is 141 g/mol. The van der Waals surface area contributed by atoms with Crippen LogP contribution in [0.15, 0.2) is 11.3 Å². The van der Waals surface area contributed by atoms with E-state index in [9.17, 15) is 4.79 Å². The second-order valence-electron chi connectivity index (χ2n) is 2.28. The first-order chi connectivity index (χ1) is 4.74. The zero-order chi connectivity index (χ0) is 7.56. The van der Waals surface area contributed by atoms with Crippen molar-refractivity contribution in [3.8, 4) is 0 Å². The van der Waals surface area contributed by atoms with Crippen molar-refractivity contribution in [2.45, 2.75) is 20.3 Å². The molecule has 0 radical (unpaired) electrons. The summed E-state index contributed by atoms with van der Waals surface area (Å²) >= 11 is 0. The molecule has 1 rings (SSSR count). The van der Waals surface area contributed by atoms with Gasteiger partial charge >= 0.3 is 6.09 Å². The van der Waals surface area contributed by atoms with Crippen LogP contribution in [0, 0.1) is 0 Å². The minimum Gasteiger partial charge on any atom is -0.445 e. The number of nitrogens with one attached hydrogen (secondary N) is 1. The molecule has 10 heavy (non-hydrogen) atoms. The Morgan fingerprint density at radius 2 is 2.40 bits per heavy atom. The zero-order valence-electron chi connectivity index (χ0n) is 6.23. The van der Waals surface area contributed by atoms with E-state index in [0.717, 1.165) is 12.1 Å². The number of carbonyl (C=O) groups is 1. The van der Waals surface area contributed by atoms with Crippen LogP contribution in [0.3, 0.4) is 0 Å². The molecule has 1 aliphatic heterocycles. The van der Waals surface area contributed by atoms with Crippen LogP contribution in [0.5, 0.6) is 0 Å². The Balaban J connectivity index is 2.70. The van der Waals surface area contributed by atoms with Gasteiger partial charge in [0.05, 0.1) is 0 Å². The van der Waals surface area contributed by atoms with Gasteiger partial charge in [-0.1, -0.05) is 6.92 Å². The van der Waals surface area contributed by atoms with E-state index in [-0.39, 0.29) is 6.09 Å². The van der Waals surface area contributed by atoms with Gasteiger partial charge in [0.2, 0.25) is 0 Å². The second-order valence-corrected chi connectivity index (χ2v) is 2.28. The van der Waals surface area contributed by atoms with Gasteiger partial charge in [-0.2, -0.15) is 0 Å². The first-order valence-corrected chi connectivity index (χ1v) is 3.36. The molecule has 1 aliphatic rings. The molecule has 3 heteroatoms. The first-order valence-electron chi connectivity index (χ1n) is 3.36. The van der Waals surface area contributed by atoms with E-state index in [4.69, 9.17) is 4.74 Å². The molecule has 0 aromatic rings. The fraction of sp³-hybridized carbons (Fsp3) is 0.571. The van der Waals surface area contributed by atoms with Crippen LogP contribution >= 0.6 is 0 Å². The van der Waals surface area contributed by atoms with Crippen molar-refractivity contribution in [1.29, 1.82) is 0 Å². The average Bonchev–Trinajstić information content (AvgIpc) is 1.88. The van der Waals surface area contributed by atoms with Crippen molar-refractivity contribution in [2.24, 2.45) is 0 Å². The third-order valence-electron chi connectivity index (χ3n) is 1.62. The number of amides is 1. The predicted molar refractivity (Wildman–Crippen MR) is 37.5 cm³/mol. The van der Waals surface area contributed by atoms with Crippen LogP contribution < -0.4 is 5.32 Å². The van der Waals surface area contributed by atoms with E-state index >= 15 is 0 Å². The molecule has 0 saturated heterocycles.